The van der Waals surface area contributed by atoms with Gasteiger partial charge in [0, 0.05) is 0 Å². The van der Waals surface area contributed by atoms with E-state index in [0.29, 0.717) is 0 Å². The minimum atomic E-state index is 0.980. The predicted octanol–water partition coefficient (Wildman–Crippen LogP) is 2.99. The lowest BCUT2D eigenvalue weighted by molar-refractivity contribution is 1.41. The second-order valence-electron chi connectivity index (χ2n) is 2.26. The molecule has 0 aromatic heterocycles. The SMILES string of the molecule is C=CC(C)=C=C=C=C(C)C. The Morgan fingerprint density at radius 1 is 1.20 bits per heavy atom. The third-order valence-corrected chi connectivity index (χ3v) is 0.878. The highest BCUT2D eigenvalue weighted by molar-refractivity contribution is 5.12. The lowest BCUT2D eigenvalue weighted by Gasteiger charge is -1.73. The number of hydrogen-bond donors (Lipinski definition) is 0. The van der Waals surface area contributed by atoms with E-state index in [4.69, 9.17) is 0 Å². The maximum atomic E-state index is 3.58. The molecule has 0 nitrogen and oxygen atoms in total. The second kappa shape index (κ2) is 4.68. The van der Waals surface area contributed by atoms with Crippen LogP contribution in [0.2, 0.25) is 0 Å². The van der Waals surface area contributed by atoms with Gasteiger partial charge in [-0.3, -0.25) is 0 Å². The summed E-state index contributed by atoms with van der Waals surface area (Å²) in [6.45, 7) is 9.45. The van der Waals surface area contributed by atoms with Crippen molar-refractivity contribution in [2.75, 3.05) is 0 Å². The summed E-state index contributed by atoms with van der Waals surface area (Å²) >= 11 is 0. The summed E-state index contributed by atoms with van der Waals surface area (Å²) in [6, 6.07) is 0. The molecule has 0 aliphatic heterocycles. The molecule has 0 heteroatoms. The van der Waals surface area contributed by atoms with E-state index < -0.39 is 0 Å². The predicted molar refractivity (Wildman–Crippen MR) is 44.8 cm³/mol. The van der Waals surface area contributed by atoms with Gasteiger partial charge >= 0.3 is 0 Å². The molecule has 0 saturated carbocycles. The van der Waals surface area contributed by atoms with Gasteiger partial charge in [0.2, 0.25) is 0 Å². The first-order valence-corrected chi connectivity index (χ1v) is 3.20. The van der Waals surface area contributed by atoms with Gasteiger partial charge in [-0.1, -0.05) is 24.1 Å². The molecule has 0 atom stereocenters. The highest BCUT2D eigenvalue weighted by Crippen LogP contribution is 1.86. The van der Waals surface area contributed by atoms with E-state index in [1.54, 1.807) is 6.08 Å². The van der Waals surface area contributed by atoms with Crippen molar-refractivity contribution in [2.24, 2.45) is 0 Å². The standard InChI is InChI=1S/C10H12/c1-5-10(4)8-6-7-9(2)3/h5H,1H2,2-4H3. The normalized spacial score (nSPS) is 6.70. The van der Waals surface area contributed by atoms with E-state index in [9.17, 15) is 0 Å². The molecule has 0 N–H and O–H groups in total. The molecular formula is C10H12. The van der Waals surface area contributed by atoms with Gasteiger partial charge in [-0.25, -0.2) is 0 Å². The zero-order valence-corrected chi connectivity index (χ0v) is 6.78. The monoisotopic (exact) mass is 132 g/mol. The summed E-state index contributed by atoms with van der Waals surface area (Å²) in [4.78, 5) is 0. The van der Waals surface area contributed by atoms with Crippen molar-refractivity contribution in [3.8, 4) is 0 Å². The molecule has 0 aliphatic carbocycles. The van der Waals surface area contributed by atoms with Crippen LogP contribution in [0.5, 0.6) is 0 Å². The molecule has 10 heavy (non-hydrogen) atoms. The van der Waals surface area contributed by atoms with Crippen LogP contribution >= 0.6 is 0 Å². The Morgan fingerprint density at radius 3 is 2.20 bits per heavy atom. The van der Waals surface area contributed by atoms with Gasteiger partial charge in [0.25, 0.3) is 0 Å². The van der Waals surface area contributed by atoms with Crippen LogP contribution in [-0.2, 0) is 0 Å². The Labute approximate surface area is 62.6 Å². The smallest absolute Gasteiger partial charge is 0.000660 e. The minimum absolute atomic E-state index is 0.980. The molecule has 0 heterocycles. The first-order chi connectivity index (χ1) is 4.66. The van der Waals surface area contributed by atoms with Crippen molar-refractivity contribution < 1.29 is 0 Å². The van der Waals surface area contributed by atoms with Crippen LogP contribution in [0.4, 0.5) is 0 Å². The van der Waals surface area contributed by atoms with Gasteiger partial charge in [0.15, 0.2) is 0 Å². The van der Waals surface area contributed by atoms with Crippen LogP contribution in [0.3, 0.4) is 0 Å². The zero-order chi connectivity index (χ0) is 7.98. The Kier molecular flexibility index (Phi) is 4.12. The topological polar surface area (TPSA) is 0 Å². The van der Waals surface area contributed by atoms with Crippen LogP contribution < -0.4 is 0 Å². The van der Waals surface area contributed by atoms with E-state index in [1.165, 1.54) is 0 Å². The fourth-order valence-electron chi connectivity index (χ4n) is 0.306. The Hall–Kier alpha value is -1.18. The van der Waals surface area contributed by atoms with Crippen molar-refractivity contribution in [1.29, 1.82) is 0 Å². The molecule has 0 unspecified atom stereocenters. The van der Waals surface area contributed by atoms with E-state index >= 15 is 0 Å². The van der Waals surface area contributed by atoms with E-state index in [2.05, 4.69) is 23.8 Å². The summed E-state index contributed by atoms with van der Waals surface area (Å²) in [5.74, 6) is 0. The van der Waals surface area contributed by atoms with Crippen molar-refractivity contribution >= 4 is 0 Å². The third-order valence-electron chi connectivity index (χ3n) is 0.878. The molecule has 52 valence electrons. The van der Waals surface area contributed by atoms with Gasteiger partial charge in [-0.15, -0.1) is 0 Å². The molecule has 0 spiro atoms. The molecular weight excluding hydrogens is 120 g/mol. The maximum absolute atomic E-state index is 3.58. The van der Waals surface area contributed by atoms with E-state index in [0.717, 1.165) is 11.1 Å². The fourth-order valence-corrected chi connectivity index (χ4v) is 0.306. The molecule has 0 rings (SSSR count). The van der Waals surface area contributed by atoms with Crippen LogP contribution in [0.25, 0.3) is 0 Å². The number of allylic oxidation sites excluding steroid dienone is 3. The zero-order valence-electron chi connectivity index (χ0n) is 6.78. The van der Waals surface area contributed by atoms with Gasteiger partial charge in [0.1, 0.15) is 0 Å². The largest absolute Gasteiger partial charge is 0.0982 e. The van der Waals surface area contributed by atoms with Gasteiger partial charge in [-0.05, 0) is 37.6 Å². The van der Waals surface area contributed by atoms with Crippen molar-refractivity contribution in [2.45, 2.75) is 20.8 Å². The van der Waals surface area contributed by atoms with Crippen LogP contribution in [0, 0.1) is 0 Å². The summed E-state index contributed by atoms with van der Waals surface area (Å²) in [5.41, 5.74) is 10.6. The molecule has 0 amide bonds. The molecule has 0 aliphatic rings. The highest BCUT2D eigenvalue weighted by Gasteiger charge is 1.68. The van der Waals surface area contributed by atoms with Crippen LogP contribution in [0.15, 0.2) is 41.0 Å². The third kappa shape index (κ3) is 4.97. The lowest BCUT2D eigenvalue weighted by Crippen LogP contribution is -1.55. The summed E-state index contributed by atoms with van der Waals surface area (Å²) < 4.78 is 0. The lowest BCUT2D eigenvalue weighted by atomic mass is 10.3. The molecule has 0 fully saturated rings. The van der Waals surface area contributed by atoms with E-state index in [1.807, 2.05) is 20.8 Å². The second-order valence-corrected chi connectivity index (χ2v) is 2.26. The first kappa shape index (κ1) is 8.82. The Bertz CT molecular complexity index is 244. The number of hydrogen-bond acceptors (Lipinski definition) is 0. The molecule has 0 aromatic rings. The molecule has 0 aromatic carbocycles. The average molecular weight is 132 g/mol. The summed E-state index contributed by atoms with van der Waals surface area (Å²) in [5, 5.41) is 0. The van der Waals surface area contributed by atoms with Crippen molar-refractivity contribution in [3.05, 3.63) is 41.0 Å². The quantitative estimate of drug-likeness (QED) is 0.380. The van der Waals surface area contributed by atoms with Crippen molar-refractivity contribution in [3.63, 3.8) is 0 Å². The molecule has 0 saturated heterocycles. The highest BCUT2D eigenvalue weighted by atomic mass is 13.7. The summed E-state index contributed by atoms with van der Waals surface area (Å²) in [7, 11) is 0. The van der Waals surface area contributed by atoms with Gasteiger partial charge in [0.05, 0.1) is 0 Å². The van der Waals surface area contributed by atoms with Gasteiger partial charge in [-0.2, -0.15) is 0 Å². The fraction of sp³-hybridized carbons (Fsp3) is 0.300. The van der Waals surface area contributed by atoms with E-state index in [-0.39, 0.29) is 0 Å². The minimum Gasteiger partial charge on any atom is -0.0982 e. The Morgan fingerprint density at radius 2 is 1.80 bits per heavy atom. The van der Waals surface area contributed by atoms with Crippen LogP contribution in [0.1, 0.15) is 20.8 Å². The van der Waals surface area contributed by atoms with Crippen molar-refractivity contribution in [1.82, 2.24) is 0 Å². The Balaban J connectivity index is 4.85. The van der Waals surface area contributed by atoms with Crippen LogP contribution in [-0.4, -0.2) is 0 Å². The molecule has 0 bridgehead atoms. The molecule has 0 radical (unpaired) electrons. The average Bonchev–Trinajstić information content (AvgIpc) is 1.87. The maximum Gasteiger partial charge on any atom is -0.000660 e. The number of rotatable bonds is 1. The van der Waals surface area contributed by atoms with Gasteiger partial charge < -0.3 is 0 Å². The first-order valence-electron chi connectivity index (χ1n) is 3.20. The summed E-state index contributed by atoms with van der Waals surface area (Å²) in [6.07, 6.45) is 1.74.